The summed E-state index contributed by atoms with van der Waals surface area (Å²) in [6, 6.07) is 0. The first-order valence-electron chi connectivity index (χ1n) is 4.45. The van der Waals surface area contributed by atoms with Gasteiger partial charge in [0.1, 0.15) is 0 Å². The molecule has 0 N–H and O–H groups in total. The largest absolute Gasteiger partial charge is 0.381 e. The Hall–Kier alpha value is -0.0800. The van der Waals surface area contributed by atoms with Gasteiger partial charge in [-0.05, 0) is 32.1 Å². The second-order valence-electron chi connectivity index (χ2n) is 3.43. The van der Waals surface area contributed by atoms with Gasteiger partial charge in [0.15, 0.2) is 0 Å². The van der Waals surface area contributed by atoms with Crippen LogP contribution in [0.1, 0.15) is 25.7 Å². The quantitative estimate of drug-likeness (QED) is 0.528. The molecular weight excluding hydrogens is 140 g/mol. The molecule has 1 radical (unpaired) electrons. The molecule has 0 aromatic carbocycles. The topological polar surface area (TPSA) is 18.5 Å². The van der Waals surface area contributed by atoms with E-state index in [9.17, 15) is 0 Å². The van der Waals surface area contributed by atoms with Gasteiger partial charge in [0.05, 0.1) is 5.60 Å². The Morgan fingerprint density at radius 2 is 1.91 bits per heavy atom. The van der Waals surface area contributed by atoms with Gasteiger partial charge in [0.2, 0.25) is 0 Å². The van der Waals surface area contributed by atoms with Gasteiger partial charge < -0.3 is 9.47 Å². The molecule has 2 nitrogen and oxygen atoms in total. The summed E-state index contributed by atoms with van der Waals surface area (Å²) in [7, 11) is 0. The fourth-order valence-electron chi connectivity index (χ4n) is 1.87. The van der Waals surface area contributed by atoms with Gasteiger partial charge in [-0.1, -0.05) is 0 Å². The molecule has 2 fully saturated rings. The number of rotatable bonds is 0. The monoisotopic (exact) mass is 155 g/mol. The molecule has 2 saturated heterocycles. The molecule has 0 amide bonds. The molecule has 0 atom stereocenters. The van der Waals surface area contributed by atoms with Crippen LogP contribution in [0.25, 0.3) is 0 Å². The molecule has 11 heavy (non-hydrogen) atoms. The van der Waals surface area contributed by atoms with Crippen LogP contribution in [0.3, 0.4) is 0 Å². The molecule has 2 aliphatic heterocycles. The van der Waals surface area contributed by atoms with Crippen molar-refractivity contribution in [1.82, 2.24) is 0 Å². The minimum Gasteiger partial charge on any atom is -0.381 e. The zero-order valence-corrected chi connectivity index (χ0v) is 6.84. The summed E-state index contributed by atoms with van der Waals surface area (Å²) in [5.74, 6) is 0. The molecule has 2 aliphatic rings. The summed E-state index contributed by atoms with van der Waals surface area (Å²) in [5.41, 5.74) is 0.177. The standard InChI is InChI=1S/C9H15O2/c1-2-6-11-9(3-1)4-7-10-8-5-9/h1H,2-8H2. The average molecular weight is 155 g/mol. The third kappa shape index (κ3) is 1.57. The number of hydrogen-bond acceptors (Lipinski definition) is 2. The van der Waals surface area contributed by atoms with Crippen molar-refractivity contribution >= 4 is 0 Å². The van der Waals surface area contributed by atoms with Crippen LogP contribution in [0, 0.1) is 6.42 Å². The normalized spacial score (nSPS) is 30.5. The van der Waals surface area contributed by atoms with Crippen molar-refractivity contribution in [3.63, 3.8) is 0 Å². The SMILES string of the molecule is [CH]1CCOC2(C1)CCOCC2. The highest BCUT2D eigenvalue weighted by Crippen LogP contribution is 2.33. The van der Waals surface area contributed by atoms with Gasteiger partial charge >= 0.3 is 0 Å². The first-order chi connectivity index (χ1) is 5.41. The van der Waals surface area contributed by atoms with E-state index in [-0.39, 0.29) is 5.60 Å². The van der Waals surface area contributed by atoms with Crippen LogP contribution < -0.4 is 0 Å². The van der Waals surface area contributed by atoms with Gasteiger partial charge in [-0.3, -0.25) is 0 Å². The molecule has 0 aliphatic carbocycles. The van der Waals surface area contributed by atoms with Crippen LogP contribution in [-0.2, 0) is 9.47 Å². The Kier molecular flexibility index (Phi) is 2.14. The Labute approximate surface area is 67.9 Å². The lowest BCUT2D eigenvalue weighted by atomic mass is 9.87. The third-order valence-electron chi connectivity index (χ3n) is 2.65. The molecule has 2 heterocycles. The van der Waals surface area contributed by atoms with Crippen molar-refractivity contribution in [1.29, 1.82) is 0 Å². The zero-order valence-electron chi connectivity index (χ0n) is 6.84. The highest BCUT2D eigenvalue weighted by Gasteiger charge is 2.34. The van der Waals surface area contributed by atoms with Gasteiger partial charge in [0.25, 0.3) is 0 Å². The molecule has 0 saturated carbocycles. The van der Waals surface area contributed by atoms with E-state index in [4.69, 9.17) is 9.47 Å². The first-order valence-corrected chi connectivity index (χ1v) is 4.45. The van der Waals surface area contributed by atoms with E-state index >= 15 is 0 Å². The van der Waals surface area contributed by atoms with Crippen molar-refractivity contribution < 1.29 is 9.47 Å². The number of hydrogen-bond donors (Lipinski definition) is 0. The average Bonchev–Trinajstić information content (AvgIpc) is 2.07. The smallest absolute Gasteiger partial charge is 0.0729 e. The van der Waals surface area contributed by atoms with Gasteiger partial charge in [-0.25, -0.2) is 0 Å². The lowest BCUT2D eigenvalue weighted by molar-refractivity contribution is -0.122. The fourth-order valence-corrected chi connectivity index (χ4v) is 1.87. The van der Waals surface area contributed by atoms with Crippen molar-refractivity contribution in [3.8, 4) is 0 Å². The molecule has 63 valence electrons. The summed E-state index contributed by atoms with van der Waals surface area (Å²) in [5, 5.41) is 0. The van der Waals surface area contributed by atoms with Crippen LogP contribution in [0.2, 0.25) is 0 Å². The summed E-state index contributed by atoms with van der Waals surface area (Å²) in [4.78, 5) is 0. The molecule has 2 rings (SSSR count). The van der Waals surface area contributed by atoms with Crippen molar-refractivity contribution in [2.24, 2.45) is 0 Å². The number of ether oxygens (including phenoxy) is 2. The van der Waals surface area contributed by atoms with E-state index in [1.54, 1.807) is 0 Å². The Bertz CT molecular complexity index is 102. The van der Waals surface area contributed by atoms with Crippen LogP contribution in [0.5, 0.6) is 0 Å². The van der Waals surface area contributed by atoms with Crippen LogP contribution >= 0.6 is 0 Å². The molecule has 0 aromatic heterocycles. The van der Waals surface area contributed by atoms with E-state index in [0.717, 1.165) is 45.5 Å². The van der Waals surface area contributed by atoms with E-state index in [1.165, 1.54) is 0 Å². The highest BCUT2D eigenvalue weighted by molar-refractivity contribution is 4.91. The molecule has 1 spiro atoms. The third-order valence-corrected chi connectivity index (χ3v) is 2.65. The Morgan fingerprint density at radius 3 is 2.55 bits per heavy atom. The highest BCUT2D eigenvalue weighted by atomic mass is 16.5. The maximum absolute atomic E-state index is 5.80. The predicted octanol–water partition coefficient (Wildman–Crippen LogP) is 1.55. The molecular formula is C9H15O2. The van der Waals surface area contributed by atoms with Crippen LogP contribution in [-0.4, -0.2) is 25.4 Å². The maximum atomic E-state index is 5.80. The Morgan fingerprint density at radius 1 is 1.09 bits per heavy atom. The van der Waals surface area contributed by atoms with Gasteiger partial charge in [-0.2, -0.15) is 0 Å². The minimum atomic E-state index is 0.177. The maximum Gasteiger partial charge on any atom is 0.0729 e. The van der Waals surface area contributed by atoms with Gasteiger partial charge in [0, 0.05) is 19.8 Å². The zero-order chi connectivity index (χ0) is 7.57. The Balaban J connectivity index is 1.94. The summed E-state index contributed by atoms with van der Waals surface area (Å²) in [6.45, 7) is 2.68. The van der Waals surface area contributed by atoms with Crippen molar-refractivity contribution in [2.75, 3.05) is 19.8 Å². The predicted molar refractivity (Wildman–Crippen MR) is 42.3 cm³/mol. The second kappa shape index (κ2) is 3.11. The summed E-state index contributed by atoms with van der Waals surface area (Å²) < 4.78 is 11.1. The van der Waals surface area contributed by atoms with Crippen molar-refractivity contribution in [3.05, 3.63) is 6.42 Å². The minimum absolute atomic E-state index is 0.177. The first kappa shape index (κ1) is 7.56. The van der Waals surface area contributed by atoms with Crippen LogP contribution in [0.15, 0.2) is 0 Å². The molecule has 2 heteroatoms. The molecule has 0 aromatic rings. The summed E-state index contributed by atoms with van der Waals surface area (Å²) >= 11 is 0. The molecule has 0 unspecified atom stereocenters. The fraction of sp³-hybridized carbons (Fsp3) is 0.889. The van der Waals surface area contributed by atoms with E-state index in [1.807, 2.05) is 0 Å². The lowest BCUT2D eigenvalue weighted by Gasteiger charge is -2.39. The van der Waals surface area contributed by atoms with Crippen molar-refractivity contribution in [2.45, 2.75) is 31.3 Å². The van der Waals surface area contributed by atoms with E-state index in [0.29, 0.717) is 0 Å². The molecule has 0 bridgehead atoms. The van der Waals surface area contributed by atoms with Crippen LogP contribution in [0.4, 0.5) is 0 Å². The second-order valence-corrected chi connectivity index (χ2v) is 3.43. The lowest BCUT2D eigenvalue weighted by Crippen LogP contribution is -2.41. The summed E-state index contributed by atoms with van der Waals surface area (Å²) in [6.07, 6.45) is 6.79. The van der Waals surface area contributed by atoms with E-state index in [2.05, 4.69) is 6.42 Å². The van der Waals surface area contributed by atoms with Gasteiger partial charge in [-0.15, -0.1) is 0 Å². The van der Waals surface area contributed by atoms with E-state index < -0.39 is 0 Å².